The van der Waals surface area contributed by atoms with Gasteiger partial charge in [0, 0.05) is 19.4 Å². The van der Waals surface area contributed by atoms with Gasteiger partial charge in [-0.15, -0.1) is 0 Å². The summed E-state index contributed by atoms with van der Waals surface area (Å²) in [4.78, 5) is 35.7. The molecule has 0 amide bonds. The van der Waals surface area contributed by atoms with Gasteiger partial charge in [-0.3, -0.25) is 18.6 Å². The smallest absolute Gasteiger partial charge is 0.462 e. The number of hydrogen-bond acceptors (Lipinski definition) is 13. The number of phosphoric acid groups is 1. The predicted molar refractivity (Wildman–Crippen MR) is 250 cm³/mol. The van der Waals surface area contributed by atoms with Gasteiger partial charge in [0.2, 0.25) is 0 Å². The van der Waals surface area contributed by atoms with E-state index in [2.05, 4.69) is 43.4 Å². The Morgan fingerprint density at radius 2 is 0.922 bits per heavy atom. The van der Waals surface area contributed by atoms with Crippen molar-refractivity contribution in [1.29, 1.82) is 0 Å². The van der Waals surface area contributed by atoms with Crippen LogP contribution >= 0.6 is 7.82 Å². The minimum Gasteiger partial charge on any atom is -0.462 e. The molecular weight excluding hydrogens is 843 g/mol. The minimum absolute atomic E-state index is 0.0818. The summed E-state index contributed by atoms with van der Waals surface area (Å²) in [6.07, 6.45) is 31.8. The number of ether oxygens (including phenoxy) is 2. The molecule has 1 aliphatic rings. The average molecular weight is 931 g/mol. The maximum absolute atomic E-state index is 12.8. The van der Waals surface area contributed by atoms with E-state index >= 15 is 0 Å². The van der Waals surface area contributed by atoms with E-state index in [9.17, 15) is 44.6 Å². The molecule has 1 saturated carbocycles. The molecule has 0 heterocycles. The van der Waals surface area contributed by atoms with Crippen LogP contribution in [0.15, 0.2) is 48.6 Å². The van der Waals surface area contributed by atoms with E-state index in [0.717, 1.165) is 70.6 Å². The van der Waals surface area contributed by atoms with Crippen LogP contribution in [-0.4, -0.2) is 110 Å². The summed E-state index contributed by atoms with van der Waals surface area (Å²) in [5.41, 5.74) is 0. The number of phosphoric ester groups is 1. The molecule has 7 N–H and O–H groups in total. The highest BCUT2D eigenvalue weighted by Gasteiger charge is 2.51. The second-order valence-corrected chi connectivity index (χ2v) is 18.5. The molecule has 0 bridgehead atoms. The van der Waals surface area contributed by atoms with Crippen LogP contribution in [0.25, 0.3) is 0 Å². The first-order valence-electron chi connectivity index (χ1n) is 24.6. The topological polar surface area (TPSA) is 230 Å². The predicted octanol–water partition coefficient (Wildman–Crippen LogP) is 8.92. The maximum atomic E-state index is 12.8. The number of aliphatic hydroxyl groups excluding tert-OH is 6. The van der Waals surface area contributed by atoms with Crippen molar-refractivity contribution in [3.8, 4) is 0 Å². The van der Waals surface area contributed by atoms with Gasteiger partial charge in [0.05, 0.1) is 6.61 Å². The summed E-state index contributed by atoms with van der Waals surface area (Å²) >= 11 is 0. The molecule has 372 valence electrons. The van der Waals surface area contributed by atoms with Crippen molar-refractivity contribution in [1.82, 2.24) is 0 Å². The van der Waals surface area contributed by atoms with Gasteiger partial charge < -0.3 is 45.0 Å². The molecule has 8 atom stereocenters. The highest BCUT2D eigenvalue weighted by atomic mass is 31.2. The van der Waals surface area contributed by atoms with Gasteiger partial charge in [0.1, 0.15) is 43.2 Å². The first-order chi connectivity index (χ1) is 30.9. The summed E-state index contributed by atoms with van der Waals surface area (Å²) in [6.45, 7) is 1.28. The monoisotopic (exact) mass is 931 g/mol. The molecule has 3 unspecified atom stereocenters. The Morgan fingerprint density at radius 3 is 1.41 bits per heavy atom. The first kappa shape index (κ1) is 59.8. The zero-order chi connectivity index (χ0) is 47.1. The fraction of sp³-hybridized carbons (Fsp3) is 0.796. The standard InChI is InChI=1S/C49H87O14P/c1-2-3-4-5-6-7-8-9-10-12-16-19-22-25-28-31-34-37-43(52)62-41(40-61-64(58,59)63-49-47(56)45(54)44(53)46(55)48(49)57)39-60-42(51)36-33-30-27-24-21-18-15-13-11-14-17-20-23-26-29-32-35-38-50/h11,14-15,18,20,23-24,27,41,44-50,53-57H,2-10,12-13,16-17,19,21-22,25-26,28-40H2,1H3,(H,58,59)/b14-11-,18-15-,23-20-,27-24-/t41-,44?,45-,46+,47-,48-,49?/m1/s1. The normalized spacial score (nSPS) is 21.9. The SMILES string of the molecule is CCCCCCCCCCCCCCCCCCCC(=O)O[C@H](COC(=O)CCC/C=C\C/C=C\C/C=C\C/C=C\CCCCCO)COP(=O)(O)OC1[C@H](O)[C@H](O)C(O)[C@H](O)[C@H]1O. The van der Waals surface area contributed by atoms with Crippen molar-refractivity contribution in [2.24, 2.45) is 0 Å². The van der Waals surface area contributed by atoms with E-state index in [1.165, 1.54) is 77.0 Å². The Balaban J connectivity index is 2.46. The number of allylic oxidation sites excluding steroid dienone is 8. The van der Waals surface area contributed by atoms with E-state index in [4.69, 9.17) is 23.6 Å². The van der Waals surface area contributed by atoms with E-state index in [-0.39, 0.29) is 19.4 Å². The molecule has 15 heteroatoms. The van der Waals surface area contributed by atoms with Crippen LogP contribution < -0.4 is 0 Å². The molecule has 0 spiro atoms. The fourth-order valence-electron chi connectivity index (χ4n) is 7.26. The van der Waals surface area contributed by atoms with Gasteiger partial charge in [-0.05, 0) is 57.8 Å². The summed E-state index contributed by atoms with van der Waals surface area (Å²) in [7, 11) is -5.14. The maximum Gasteiger partial charge on any atom is 0.472 e. The molecule has 0 aliphatic heterocycles. The lowest BCUT2D eigenvalue weighted by molar-refractivity contribution is -0.220. The van der Waals surface area contributed by atoms with Crippen LogP contribution in [-0.2, 0) is 32.7 Å². The molecule has 0 aromatic heterocycles. The Morgan fingerprint density at radius 1 is 0.516 bits per heavy atom. The van der Waals surface area contributed by atoms with E-state index in [1.807, 2.05) is 12.2 Å². The molecule has 14 nitrogen and oxygen atoms in total. The second kappa shape index (κ2) is 39.9. The largest absolute Gasteiger partial charge is 0.472 e. The third-order valence-corrected chi connectivity index (χ3v) is 12.2. The van der Waals surface area contributed by atoms with Crippen molar-refractivity contribution in [3.05, 3.63) is 48.6 Å². The van der Waals surface area contributed by atoms with Crippen molar-refractivity contribution < 1.29 is 68.2 Å². The van der Waals surface area contributed by atoms with Crippen molar-refractivity contribution >= 4 is 19.8 Å². The molecule has 0 aromatic carbocycles. The molecule has 0 radical (unpaired) electrons. The molecule has 0 saturated heterocycles. The Hall–Kier alpha value is -2.23. The zero-order valence-electron chi connectivity index (χ0n) is 39.0. The zero-order valence-corrected chi connectivity index (χ0v) is 39.9. The van der Waals surface area contributed by atoms with Gasteiger partial charge in [-0.1, -0.05) is 165 Å². The van der Waals surface area contributed by atoms with Crippen molar-refractivity contribution in [2.45, 2.75) is 229 Å². The van der Waals surface area contributed by atoms with Crippen molar-refractivity contribution in [3.63, 3.8) is 0 Å². The first-order valence-corrected chi connectivity index (χ1v) is 26.0. The van der Waals surface area contributed by atoms with Gasteiger partial charge in [0.15, 0.2) is 6.10 Å². The molecule has 0 aromatic rings. The number of hydrogen-bond donors (Lipinski definition) is 7. The van der Waals surface area contributed by atoms with Crippen LogP contribution in [0.1, 0.15) is 187 Å². The molecule has 1 rings (SSSR count). The van der Waals surface area contributed by atoms with E-state index in [1.54, 1.807) is 0 Å². The molecular formula is C49H87O14P. The van der Waals surface area contributed by atoms with Crippen LogP contribution in [0.4, 0.5) is 0 Å². The number of aliphatic hydroxyl groups is 6. The highest BCUT2D eigenvalue weighted by Crippen LogP contribution is 2.47. The molecule has 64 heavy (non-hydrogen) atoms. The fourth-order valence-corrected chi connectivity index (χ4v) is 8.23. The van der Waals surface area contributed by atoms with Crippen LogP contribution in [0.2, 0.25) is 0 Å². The number of carbonyl (C=O) groups excluding carboxylic acids is 2. The summed E-state index contributed by atoms with van der Waals surface area (Å²) in [5.74, 6) is -1.17. The number of esters is 2. The van der Waals surface area contributed by atoms with E-state index < -0.39 is 75.7 Å². The summed E-state index contributed by atoms with van der Waals surface area (Å²) in [5, 5.41) is 59.0. The lowest BCUT2D eigenvalue weighted by Gasteiger charge is -2.41. The number of unbranched alkanes of at least 4 members (excludes halogenated alkanes) is 20. The quantitative estimate of drug-likeness (QED) is 0.0131. The number of rotatable bonds is 41. The highest BCUT2D eigenvalue weighted by molar-refractivity contribution is 7.47. The lowest BCUT2D eigenvalue weighted by Crippen LogP contribution is -2.64. The van der Waals surface area contributed by atoms with Crippen LogP contribution in [0.5, 0.6) is 0 Å². The Bertz CT molecular complexity index is 1310. The van der Waals surface area contributed by atoms with Crippen molar-refractivity contribution in [2.75, 3.05) is 19.8 Å². The third-order valence-electron chi connectivity index (χ3n) is 11.2. The Labute approximate surface area is 384 Å². The molecule has 1 aliphatic carbocycles. The molecule has 1 fully saturated rings. The Kier molecular flexibility index (Phi) is 37.3. The van der Waals surface area contributed by atoms with E-state index in [0.29, 0.717) is 19.3 Å². The van der Waals surface area contributed by atoms with Gasteiger partial charge >= 0.3 is 19.8 Å². The average Bonchev–Trinajstić information content (AvgIpc) is 3.28. The van der Waals surface area contributed by atoms with Crippen LogP contribution in [0.3, 0.4) is 0 Å². The number of carbonyl (C=O) groups is 2. The van der Waals surface area contributed by atoms with Crippen LogP contribution in [0, 0.1) is 0 Å². The van der Waals surface area contributed by atoms with Gasteiger partial charge in [-0.2, -0.15) is 0 Å². The van der Waals surface area contributed by atoms with Gasteiger partial charge in [-0.25, -0.2) is 4.57 Å². The summed E-state index contributed by atoms with van der Waals surface area (Å²) < 4.78 is 33.5. The second-order valence-electron chi connectivity index (χ2n) is 17.0. The third kappa shape index (κ3) is 31.6. The summed E-state index contributed by atoms with van der Waals surface area (Å²) in [6, 6.07) is 0. The lowest BCUT2D eigenvalue weighted by atomic mass is 9.85. The minimum atomic E-state index is -5.14. The van der Waals surface area contributed by atoms with Gasteiger partial charge in [0.25, 0.3) is 0 Å².